The molecule has 0 aromatic carbocycles. The maximum atomic E-state index is 12.6. The van der Waals surface area contributed by atoms with Gasteiger partial charge in [0.2, 0.25) is 18.3 Å². The second-order valence-corrected chi connectivity index (χ2v) is 6.40. The Labute approximate surface area is 144 Å². The molecule has 6 nitrogen and oxygen atoms in total. The molecule has 0 saturated carbocycles. The first-order valence-corrected chi connectivity index (χ1v) is 9.01. The molecule has 2 rings (SSSR count). The largest absolute Gasteiger partial charge is 0.308 e. The van der Waals surface area contributed by atoms with Crippen molar-refractivity contribution in [1.29, 1.82) is 0 Å². The van der Waals surface area contributed by atoms with Gasteiger partial charge in [0.1, 0.15) is 11.4 Å². The number of amides is 1. The summed E-state index contributed by atoms with van der Waals surface area (Å²) in [7, 11) is 0. The van der Waals surface area contributed by atoms with Gasteiger partial charge >= 0.3 is 0 Å². The van der Waals surface area contributed by atoms with E-state index in [1.165, 1.54) is 12.4 Å². The third-order valence-corrected chi connectivity index (χ3v) is 4.50. The van der Waals surface area contributed by atoms with E-state index < -0.39 is 0 Å². The summed E-state index contributed by atoms with van der Waals surface area (Å²) in [5.41, 5.74) is 1.21. The highest BCUT2D eigenvalue weighted by atomic mass is 35.5. The Hall–Kier alpha value is -1.73. The SMILES string of the molecule is CCN(C(=O)C(C)CSC)c1cn(-c2ccc[n+](O)c2)nc1Cl. The summed E-state index contributed by atoms with van der Waals surface area (Å²) in [6.45, 7) is 4.32. The number of carbonyl (C=O) groups excluding carboxylic acids is 1. The fourth-order valence-corrected chi connectivity index (χ4v) is 3.15. The average molecular weight is 356 g/mol. The number of halogens is 1. The molecule has 2 aromatic heterocycles. The standard InChI is InChI=1S/C15H20ClN4O2S/c1-4-19(15(21)11(2)10-23-3)13-9-20(17-14(13)16)12-6-5-7-18(22)8-12/h5-9,11,22H,4,10H2,1-3H3/q+1. The summed E-state index contributed by atoms with van der Waals surface area (Å²) < 4.78 is 2.48. The quantitative estimate of drug-likeness (QED) is 0.638. The summed E-state index contributed by atoms with van der Waals surface area (Å²) >= 11 is 7.87. The average Bonchev–Trinajstić information content (AvgIpc) is 2.90. The molecule has 124 valence electrons. The van der Waals surface area contributed by atoms with Gasteiger partial charge in [-0.2, -0.15) is 16.9 Å². The van der Waals surface area contributed by atoms with Gasteiger partial charge in [0.25, 0.3) is 0 Å². The molecular weight excluding hydrogens is 336 g/mol. The number of hydrogen-bond acceptors (Lipinski definition) is 4. The summed E-state index contributed by atoms with van der Waals surface area (Å²) in [5.74, 6) is 0.680. The van der Waals surface area contributed by atoms with Crippen molar-refractivity contribution >= 4 is 35.0 Å². The topological polar surface area (TPSA) is 62.2 Å². The molecule has 2 aromatic rings. The van der Waals surface area contributed by atoms with E-state index in [2.05, 4.69) is 5.10 Å². The van der Waals surface area contributed by atoms with Crippen molar-refractivity contribution in [2.75, 3.05) is 23.5 Å². The summed E-state index contributed by atoms with van der Waals surface area (Å²) in [4.78, 5) is 14.2. The highest BCUT2D eigenvalue weighted by Crippen LogP contribution is 2.27. The number of rotatable bonds is 6. The van der Waals surface area contributed by atoms with Crippen LogP contribution >= 0.6 is 23.4 Å². The van der Waals surface area contributed by atoms with Crippen LogP contribution < -0.4 is 9.63 Å². The molecule has 0 spiro atoms. The van der Waals surface area contributed by atoms with Gasteiger partial charge in [-0.25, -0.2) is 4.68 Å². The monoisotopic (exact) mass is 355 g/mol. The number of pyridine rings is 1. The zero-order valence-electron chi connectivity index (χ0n) is 13.3. The van der Waals surface area contributed by atoms with E-state index in [1.807, 2.05) is 20.1 Å². The maximum absolute atomic E-state index is 12.6. The number of carbonyl (C=O) groups is 1. The van der Waals surface area contributed by atoms with Crippen LogP contribution in [0.4, 0.5) is 5.69 Å². The van der Waals surface area contributed by atoms with Crippen LogP contribution in [0.5, 0.6) is 0 Å². The number of anilines is 1. The predicted molar refractivity (Wildman–Crippen MR) is 91.5 cm³/mol. The lowest BCUT2D eigenvalue weighted by Crippen LogP contribution is -2.36. The van der Waals surface area contributed by atoms with E-state index in [0.29, 0.717) is 17.9 Å². The third kappa shape index (κ3) is 3.97. The van der Waals surface area contributed by atoms with Crippen LogP contribution in [0, 0.1) is 5.92 Å². The second kappa shape index (κ2) is 7.70. The molecule has 8 heteroatoms. The molecule has 2 heterocycles. The first-order chi connectivity index (χ1) is 11.0. The van der Waals surface area contributed by atoms with E-state index >= 15 is 0 Å². The van der Waals surface area contributed by atoms with Crippen LogP contribution in [0.1, 0.15) is 13.8 Å². The van der Waals surface area contributed by atoms with Gasteiger partial charge in [-0.1, -0.05) is 18.5 Å². The second-order valence-electron chi connectivity index (χ2n) is 5.13. The molecule has 0 aliphatic carbocycles. The number of hydrogen-bond donors (Lipinski definition) is 1. The van der Waals surface area contributed by atoms with Crippen LogP contribution in [0.25, 0.3) is 5.69 Å². The van der Waals surface area contributed by atoms with Gasteiger partial charge in [0, 0.05) is 29.0 Å². The zero-order valence-corrected chi connectivity index (χ0v) is 14.9. The molecule has 0 fully saturated rings. The lowest BCUT2D eigenvalue weighted by Gasteiger charge is -2.23. The van der Waals surface area contributed by atoms with Crippen molar-refractivity contribution in [3.63, 3.8) is 0 Å². The lowest BCUT2D eigenvalue weighted by atomic mass is 10.2. The van der Waals surface area contributed by atoms with Gasteiger partial charge in [-0.3, -0.25) is 10.0 Å². The third-order valence-electron chi connectivity index (χ3n) is 3.40. The minimum Gasteiger partial charge on any atom is -0.308 e. The van der Waals surface area contributed by atoms with Gasteiger partial charge in [0.05, 0.1) is 6.20 Å². The number of nitrogens with zero attached hydrogens (tertiary/aromatic N) is 4. The molecule has 23 heavy (non-hydrogen) atoms. The minimum atomic E-state index is -0.0966. The van der Waals surface area contributed by atoms with Crippen LogP contribution in [0.2, 0.25) is 5.15 Å². The first kappa shape index (κ1) is 17.6. The van der Waals surface area contributed by atoms with Crippen molar-refractivity contribution in [3.8, 4) is 5.69 Å². The molecular formula is C15H20ClN4O2S+. The Balaban J connectivity index is 2.33. The smallest absolute Gasteiger partial charge is 0.247 e. The van der Waals surface area contributed by atoms with Gasteiger partial charge < -0.3 is 4.90 Å². The van der Waals surface area contributed by atoms with Crippen LogP contribution in [0.3, 0.4) is 0 Å². The van der Waals surface area contributed by atoms with E-state index in [9.17, 15) is 10.0 Å². The minimum absolute atomic E-state index is 0.0218. The fraction of sp³-hybridized carbons (Fsp3) is 0.400. The molecule has 1 N–H and O–H groups in total. The van der Waals surface area contributed by atoms with Crippen molar-refractivity contribution in [2.45, 2.75) is 13.8 Å². The van der Waals surface area contributed by atoms with Gasteiger partial charge in [-0.05, 0) is 19.2 Å². The van der Waals surface area contributed by atoms with Crippen LogP contribution in [-0.2, 0) is 4.79 Å². The summed E-state index contributed by atoms with van der Waals surface area (Å²) in [6, 6.07) is 3.47. The lowest BCUT2D eigenvalue weighted by molar-refractivity contribution is -0.904. The molecule has 1 atom stereocenters. The zero-order chi connectivity index (χ0) is 17.0. The molecule has 1 amide bonds. The Bertz CT molecular complexity index is 692. The summed E-state index contributed by atoms with van der Waals surface area (Å²) in [5, 5.41) is 14.0. The molecule has 0 aliphatic heterocycles. The van der Waals surface area contributed by atoms with Crippen molar-refractivity contribution in [1.82, 2.24) is 9.78 Å². The predicted octanol–water partition coefficient (Wildman–Crippen LogP) is 2.40. The Morgan fingerprint density at radius 3 is 2.96 bits per heavy atom. The number of thioether (sulfide) groups is 1. The molecule has 0 radical (unpaired) electrons. The summed E-state index contributed by atoms with van der Waals surface area (Å²) in [6.07, 6.45) is 6.68. The fourth-order valence-electron chi connectivity index (χ4n) is 2.28. The normalized spacial score (nSPS) is 12.2. The van der Waals surface area contributed by atoms with Crippen LogP contribution in [0.15, 0.2) is 30.7 Å². The Morgan fingerprint density at radius 2 is 2.35 bits per heavy atom. The van der Waals surface area contributed by atoms with Crippen molar-refractivity contribution < 1.29 is 14.7 Å². The van der Waals surface area contributed by atoms with Crippen LogP contribution in [-0.4, -0.2) is 39.4 Å². The van der Waals surface area contributed by atoms with E-state index in [1.54, 1.807) is 39.7 Å². The van der Waals surface area contributed by atoms with E-state index in [-0.39, 0.29) is 17.0 Å². The van der Waals surface area contributed by atoms with Crippen molar-refractivity contribution in [3.05, 3.63) is 35.9 Å². The maximum Gasteiger partial charge on any atom is 0.247 e. The van der Waals surface area contributed by atoms with Gasteiger partial charge in [0.15, 0.2) is 5.15 Å². The highest BCUT2D eigenvalue weighted by molar-refractivity contribution is 7.98. The Kier molecular flexibility index (Phi) is 5.90. The molecule has 0 aliphatic rings. The molecule has 0 bridgehead atoms. The molecule has 1 unspecified atom stereocenters. The highest BCUT2D eigenvalue weighted by Gasteiger charge is 2.24. The van der Waals surface area contributed by atoms with E-state index in [0.717, 1.165) is 10.5 Å². The van der Waals surface area contributed by atoms with Gasteiger partial charge in [-0.15, -0.1) is 0 Å². The molecule has 0 saturated heterocycles. The number of aromatic nitrogens is 3. The first-order valence-electron chi connectivity index (χ1n) is 7.24. The van der Waals surface area contributed by atoms with E-state index in [4.69, 9.17) is 11.6 Å². The Morgan fingerprint density at radius 1 is 1.61 bits per heavy atom. The van der Waals surface area contributed by atoms with Crippen molar-refractivity contribution in [2.24, 2.45) is 5.92 Å².